The SMILES string of the molecule is N#Cc1cc([N+](=O)[O-])ccc1Sc1ccc(F)c(Cl)c1. The van der Waals surface area contributed by atoms with Crippen LogP contribution >= 0.6 is 23.4 Å². The first-order valence-corrected chi connectivity index (χ1v) is 6.52. The number of non-ortho nitro benzene ring substituents is 1. The lowest BCUT2D eigenvalue weighted by atomic mass is 10.2. The third-order valence-electron chi connectivity index (χ3n) is 2.41. The van der Waals surface area contributed by atoms with Crippen LogP contribution < -0.4 is 0 Å². The molecule has 0 radical (unpaired) electrons. The van der Waals surface area contributed by atoms with Gasteiger partial charge in [-0.05, 0) is 24.3 Å². The molecule has 100 valence electrons. The first-order valence-electron chi connectivity index (χ1n) is 5.32. The van der Waals surface area contributed by atoms with Crippen molar-refractivity contribution in [1.82, 2.24) is 0 Å². The van der Waals surface area contributed by atoms with E-state index < -0.39 is 10.7 Å². The fourth-order valence-electron chi connectivity index (χ4n) is 1.48. The number of nitrogens with zero attached hydrogens (tertiary/aromatic N) is 2. The van der Waals surface area contributed by atoms with Gasteiger partial charge in [0.2, 0.25) is 0 Å². The molecule has 0 bridgehead atoms. The summed E-state index contributed by atoms with van der Waals surface area (Å²) in [5, 5.41) is 19.7. The maximum absolute atomic E-state index is 13.1. The molecule has 2 rings (SSSR count). The Balaban J connectivity index is 2.36. The van der Waals surface area contributed by atoms with Gasteiger partial charge in [-0.25, -0.2) is 4.39 Å². The van der Waals surface area contributed by atoms with Gasteiger partial charge in [0.1, 0.15) is 11.9 Å². The Labute approximate surface area is 122 Å². The van der Waals surface area contributed by atoms with Gasteiger partial charge in [0.05, 0.1) is 15.5 Å². The van der Waals surface area contributed by atoms with Crippen LogP contribution in [0.25, 0.3) is 0 Å². The van der Waals surface area contributed by atoms with Crippen LogP contribution in [0.3, 0.4) is 0 Å². The minimum atomic E-state index is -0.565. The second kappa shape index (κ2) is 5.90. The lowest BCUT2D eigenvalue weighted by molar-refractivity contribution is -0.384. The minimum absolute atomic E-state index is 0.0181. The summed E-state index contributed by atoms with van der Waals surface area (Å²) in [4.78, 5) is 11.3. The van der Waals surface area contributed by atoms with Crippen LogP contribution in [0.2, 0.25) is 5.02 Å². The summed E-state index contributed by atoms with van der Waals surface area (Å²) < 4.78 is 13.1. The summed E-state index contributed by atoms with van der Waals surface area (Å²) >= 11 is 6.86. The van der Waals surface area contributed by atoms with Crippen LogP contribution in [0, 0.1) is 27.3 Å². The molecular weight excluding hydrogens is 303 g/mol. The number of nitriles is 1. The van der Waals surface area contributed by atoms with Crippen LogP contribution in [-0.2, 0) is 0 Å². The zero-order chi connectivity index (χ0) is 14.7. The third kappa shape index (κ3) is 3.07. The molecule has 20 heavy (non-hydrogen) atoms. The fraction of sp³-hybridized carbons (Fsp3) is 0. The van der Waals surface area contributed by atoms with Crippen molar-refractivity contribution < 1.29 is 9.31 Å². The van der Waals surface area contributed by atoms with Crippen LogP contribution in [0.15, 0.2) is 46.2 Å². The Morgan fingerprint density at radius 2 is 2.05 bits per heavy atom. The van der Waals surface area contributed by atoms with E-state index in [0.717, 1.165) is 0 Å². The van der Waals surface area contributed by atoms with Gasteiger partial charge in [0, 0.05) is 21.9 Å². The molecule has 0 saturated heterocycles. The molecular formula is C13H6ClFN2O2S. The van der Waals surface area contributed by atoms with E-state index in [4.69, 9.17) is 16.9 Å². The molecule has 2 aromatic rings. The van der Waals surface area contributed by atoms with E-state index in [2.05, 4.69) is 0 Å². The normalized spacial score (nSPS) is 10.1. The molecule has 7 heteroatoms. The van der Waals surface area contributed by atoms with Crippen LogP contribution in [0.4, 0.5) is 10.1 Å². The fourth-order valence-corrected chi connectivity index (χ4v) is 2.64. The Bertz CT molecular complexity index is 731. The summed E-state index contributed by atoms with van der Waals surface area (Å²) in [6, 6.07) is 10.1. The zero-order valence-corrected chi connectivity index (χ0v) is 11.4. The van der Waals surface area contributed by atoms with Crippen molar-refractivity contribution in [2.75, 3.05) is 0 Å². The molecule has 0 aliphatic rings. The number of nitro groups is 1. The van der Waals surface area contributed by atoms with Crippen LogP contribution in [0.1, 0.15) is 5.56 Å². The molecule has 0 unspecified atom stereocenters. The van der Waals surface area contributed by atoms with E-state index in [0.29, 0.717) is 9.79 Å². The van der Waals surface area contributed by atoms with Gasteiger partial charge in [-0.2, -0.15) is 5.26 Å². The number of rotatable bonds is 3. The lowest BCUT2D eigenvalue weighted by Crippen LogP contribution is -1.90. The predicted octanol–water partition coefficient (Wildman–Crippen LogP) is 4.41. The molecule has 0 heterocycles. The van der Waals surface area contributed by atoms with Gasteiger partial charge in [-0.15, -0.1) is 0 Å². The van der Waals surface area contributed by atoms with Crippen LogP contribution in [0.5, 0.6) is 0 Å². The van der Waals surface area contributed by atoms with Gasteiger partial charge >= 0.3 is 0 Å². The van der Waals surface area contributed by atoms with Gasteiger partial charge in [0.25, 0.3) is 5.69 Å². The van der Waals surface area contributed by atoms with Crippen molar-refractivity contribution in [3.63, 3.8) is 0 Å². The van der Waals surface area contributed by atoms with Gasteiger partial charge in [0.15, 0.2) is 0 Å². The number of nitro benzene ring substituents is 1. The Hall–Kier alpha value is -2.10. The van der Waals surface area contributed by atoms with Crippen molar-refractivity contribution in [3.8, 4) is 6.07 Å². The highest BCUT2D eigenvalue weighted by atomic mass is 35.5. The topological polar surface area (TPSA) is 66.9 Å². The Morgan fingerprint density at radius 1 is 1.30 bits per heavy atom. The molecule has 0 fully saturated rings. The molecule has 0 saturated carbocycles. The molecule has 0 aromatic heterocycles. The highest BCUT2D eigenvalue weighted by Crippen LogP contribution is 2.33. The van der Waals surface area contributed by atoms with Crippen molar-refractivity contribution in [3.05, 3.63) is 62.9 Å². The Kier molecular flexibility index (Phi) is 4.23. The zero-order valence-electron chi connectivity index (χ0n) is 9.84. The van der Waals surface area contributed by atoms with E-state index in [1.165, 1.54) is 48.2 Å². The van der Waals surface area contributed by atoms with E-state index >= 15 is 0 Å². The van der Waals surface area contributed by atoms with Gasteiger partial charge < -0.3 is 0 Å². The lowest BCUT2D eigenvalue weighted by Gasteiger charge is -2.04. The molecule has 0 N–H and O–H groups in total. The summed E-state index contributed by atoms with van der Waals surface area (Å²) in [6.45, 7) is 0. The van der Waals surface area contributed by atoms with Gasteiger partial charge in [-0.1, -0.05) is 23.4 Å². The quantitative estimate of drug-likeness (QED) is 0.622. The molecule has 0 amide bonds. The van der Waals surface area contributed by atoms with E-state index in [1.54, 1.807) is 0 Å². The average molecular weight is 309 g/mol. The summed E-state index contributed by atoms with van der Waals surface area (Å²) in [6.07, 6.45) is 0. The highest BCUT2D eigenvalue weighted by Gasteiger charge is 2.12. The van der Waals surface area contributed by atoms with Crippen molar-refractivity contribution in [1.29, 1.82) is 5.26 Å². The van der Waals surface area contributed by atoms with E-state index in [9.17, 15) is 14.5 Å². The van der Waals surface area contributed by atoms with Crippen molar-refractivity contribution >= 4 is 29.1 Å². The molecule has 0 aliphatic carbocycles. The van der Waals surface area contributed by atoms with Gasteiger partial charge in [-0.3, -0.25) is 10.1 Å². The number of benzene rings is 2. The standard InChI is InChI=1S/C13H6ClFN2O2S/c14-11-6-10(2-3-12(11)15)20-13-4-1-9(17(18)19)5-8(13)7-16/h1-6H. The van der Waals surface area contributed by atoms with Crippen molar-refractivity contribution in [2.45, 2.75) is 9.79 Å². The maximum Gasteiger partial charge on any atom is 0.270 e. The molecule has 0 spiro atoms. The maximum atomic E-state index is 13.1. The van der Waals surface area contributed by atoms with E-state index in [-0.39, 0.29) is 16.3 Å². The monoisotopic (exact) mass is 308 g/mol. The second-order valence-electron chi connectivity index (χ2n) is 3.73. The van der Waals surface area contributed by atoms with Crippen molar-refractivity contribution in [2.24, 2.45) is 0 Å². The second-order valence-corrected chi connectivity index (χ2v) is 5.25. The average Bonchev–Trinajstić information content (AvgIpc) is 2.43. The number of halogens is 2. The third-order valence-corrected chi connectivity index (χ3v) is 3.77. The summed E-state index contributed by atoms with van der Waals surface area (Å²) in [5.74, 6) is -0.528. The van der Waals surface area contributed by atoms with Crippen LogP contribution in [-0.4, -0.2) is 4.92 Å². The summed E-state index contributed by atoms with van der Waals surface area (Å²) in [5.41, 5.74) is 0.0349. The molecule has 4 nitrogen and oxygen atoms in total. The summed E-state index contributed by atoms with van der Waals surface area (Å²) in [7, 11) is 0. The minimum Gasteiger partial charge on any atom is -0.258 e. The number of hydrogen-bond donors (Lipinski definition) is 0. The predicted molar refractivity (Wildman–Crippen MR) is 73.3 cm³/mol. The molecule has 2 aromatic carbocycles. The molecule has 0 aliphatic heterocycles. The largest absolute Gasteiger partial charge is 0.270 e. The molecule has 0 atom stereocenters. The Morgan fingerprint density at radius 3 is 2.65 bits per heavy atom. The smallest absolute Gasteiger partial charge is 0.258 e. The van der Waals surface area contributed by atoms with E-state index in [1.807, 2.05) is 6.07 Å². The first-order chi connectivity index (χ1) is 9.51. The number of hydrogen-bond acceptors (Lipinski definition) is 4. The highest BCUT2D eigenvalue weighted by molar-refractivity contribution is 7.99. The first kappa shape index (κ1) is 14.3.